The van der Waals surface area contributed by atoms with Crippen LogP contribution in [-0.2, 0) is 14.2 Å². The normalized spacial score (nSPS) is 11.5. The Bertz CT molecular complexity index is 988. The number of methoxy groups -OCH3 is 1. The van der Waals surface area contributed by atoms with Gasteiger partial charge in [-0.3, -0.25) is 0 Å². The van der Waals surface area contributed by atoms with Crippen LogP contribution in [0.5, 0.6) is 11.8 Å². The first-order chi connectivity index (χ1) is 14.4. The highest BCUT2D eigenvalue weighted by Gasteiger charge is 2.25. The van der Waals surface area contributed by atoms with Crippen molar-refractivity contribution in [3.05, 3.63) is 69.9 Å². The number of alkyl halides is 6. The number of hydrogen-bond donors (Lipinski definition) is 0. The van der Waals surface area contributed by atoms with Crippen LogP contribution in [0.4, 0.5) is 0 Å². The van der Waals surface area contributed by atoms with Crippen molar-refractivity contribution in [1.29, 1.82) is 0 Å². The minimum absolute atomic E-state index is 0.188. The van der Waals surface area contributed by atoms with Gasteiger partial charge in [0.1, 0.15) is 22.7 Å². The highest BCUT2D eigenvalue weighted by Crippen LogP contribution is 2.40. The van der Waals surface area contributed by atoms with Crippen molar-refractivity contribution in [2.24, 2.45) is 0 Å². The zero-order chi connectivity index (χ0) is 23.2. The third-order valence-electron chi connectivity index (χ3n) is 3.35. The van der Waals surface area contributed by atoms with Crippen molar-refractivity contribution < 1.29 is 13.9 Å². The molecular weight excluding hydrogens is 576 g/mol. The maximum atomic E-state index is 5.83. The molecule has 0 spiro atoms. The van der Waals surface area contributed by atoms with Crippen molar-refractivity contribution in [2.45, 2.75) is 14.2 Å². The van der Waals surface area contributed by atoms with Crippen LogP contribution in [0.2, 0.25) is 10.3 Å². The minimum atomic E-state index is -1.57. The Balaban J connectivity index is 0.000000233. The summed E-state index contributed by atoms with van der Waals surface area (Å²) in [6, 6.07) is 9.50. The molecule has 0 saturated heterocycles. The number of nitrogens with zero attached hydrogens (tertiary/aromatic N) is 2. The lowest BCUT2D eigenvalue weighted by molar-refractivity contribution is 0.260. The fourth-order valence-electron chi connectivity index (χ4n) is 1.99. The minimum Gasteiger partial charge on any atom is -0.481 e. The van der Waals surface area contributed by atoms with Gasteiger partial charge in [0.25, 0.3) is 0 Å². The van der Waals surface area contributed by atoms with Crippen molar-refractivity contribution in [2.75, 3.05) is 7.11 Å². The molecule has 13 heteroatoms. The smallest absolute Gasteiger partial charge is 0.216 e. The Morgan fingerprint density at radius 1 is 0.839 bits per heavy atom. The molecule has 0 aliphatic rings. The Kier molecular flexibility index (Phi) is 9.99. The summed E-state index contributed by atoms with van der Waals surface area (Å²) in [7, 11) is 1.46. The number of pyridine rings is 2. The first-order valence-corrected chi connectivity index (χ1v) is 11.1. The summed E-state index contributed by atoms with van der Waals surface area (Å²) in [6.07, 6.45) is 1.55. The van der Waals surface area contributed by atoms with Crippen molar-refractivity contribution in [1.82, 2.24) is 9.97 Å². The van der Waals surface area contributed by atoms with E-state index in [0.29, 0.717) is 22.8 Å². The molecule has 0 aliphatic carbocycles. The van der Waals surface area contributed by atoms with E-state index >= 15 is 0 Å². The molecule has 0 unspecified atom stereocenters. The Hall–Kier alpha value is -0.500. The summed E-state index contributed by atoms with van der Waals surface area (Å²) < 4.78 is 12.3. The van der Waals surface area contributed by atoms with Crippen LogP contribution in [0.3, 0.4) is 0 Å². The fourth-order valence-corrected chi connectivity index (χ4v) is 3.05. The SMILES string of the molecule is COc1cc(C(Cl)(Cl)Cl)cc(Cl)n1.Clc1cc(C(Cl)(Cl)Cl)cc(OCc2ccco2)n1. The molecule has 0 fully saturated rings. The fraction of sp³-hybridized carbons (Fsp3) is 0.222. The molecule has 0 N–H and O–H groups in total. The van der Waals surface area contributed by atoms with Crippen LogP contribution < -0.4 is 9.47 Å². The molecule has 3 aromatic rings. The monoisotopic (exact) mass is 584 g/mol. The van der Waals surface area contributed by atoms with Gasteiger partial charge in [-0.15, -0.1) is 0 Å². The Labute approximate surface area is 218 Å². The second-order valence-electron chi connectivity index (χ2n) is 5.60. The molecule has 5 nitrogen and oxygen atoms in total. The van der Waals surface area contributed by atoms with Crippen LogP contribution in [0.15, 0.2) is 47.1 Å². The lowest BCUT2D eigenvalue weighted by Crippen LogP contribution is -2.03. The Morgan fingerprint density at radius 3 is 1.81 bits per heavy atom. The van der Waals surface area contributed by atoms with Gasteiger partial charge in [-0.2, -0.15) is 0 Å². The van der Waals surface area contributed by atoms with Gasteiger partial charge in [-0.25, -0.2) is 9.97 Å². The van der Waals surface area contributed by atoms with E-state index in [1.165, 1.54) is 31.4 Å². The second kappa shape index (κ2) is 11.6. The van der Waals surface area contributed by atoms with Crippen LogP contribution in [0.25, 0.3) is 0 Å². The van der Waals surface area contributed by atoms with Gasteiger partial charge in [-0.1, -0.05) is 92.8 Å². The van der Waals surface area contributed by atoms with Gasteiger partial charge in [-0.05, 0) is 24.3 Å². The summed E-state index contributed by atoms with van der Waals surface area (Å²) in [4.78, 5) is 7.81. The van der Waals surface area contributed by atoms with Gasteiger partial charge in [0.05, 0.1) is 13.4 Å². The van der Waals surface area contributed by atoms with E-state index in [1.54, 1.807) is 18.4 Å². The van der Waals surface area contributed by atoms with Crippen LogP contribution in [-0.4, -0.2) is 17.1 Å². The highest BCUT2D eigenvalue weighted by molar-refractivity contribution is 6.67. The summed E-state index contributed by atoms with van der Waals surface area (Å²) in [5.41, 5.74) is 0.816. The highest BCUT2D eigenvalue weighted by atomic mass is 35.6. The van der Waals surface area contributed by atoms with E-state index in [0.717, 1.165) is 0 Å². The summed E-state index contributed by atoms with van der Waals surface area (Å²) in [5.74, 6) is 1.24. The molecular formula is C18H12Cl8N2O3. The molecule has 3 heterocycles. The molecule has 0 aliphatic heterocycles. The maximum Gasteiger partial charge on any atom is 0.216 e. The molecule has 0 amide bonds. The van der Waals surface area contributed by atoms with E-state index in [9.17, 15) is 0 Å². The van der Waals surface area contributed by atoms with Gasteiger partial charge in [0.2, 0.25) is 19.3 Å². The van der Waals surface area contributed by atoms with Crippen molar-refractivity contribution in [3.8, 4) is 11.8 Å². The zero-order valence-electron chi connectivity index (χ0n) is 15.4. The van der Waals surface area contributed by atoms with E-state index in [1.807, 2.05) is 0 Å². The number of ether oxygens (including phenoxy) is 2. The predicted molar refractivity (Wildman–Crippen MR) is 127 cm³/mol. The second-order valence-corrected chi connectivity index (χ2v) is 10.9. The number of furan rings is 1. The molecule has 0 saturated carbocycles. The van der Waals surface area contributed by atoms with E-state index in [2.05, 4.69) is 9.97 Å². The van der Waals surface area contributed by atoms with E-state index in [-0.39, 0.29) is 22.8 Å². The average Bonchev–Trinajstić information content (AvgIpc) is 3.18. The summed E-state index contributed by atoms with van der Waals surface area (Å²) in [5, 5.41) is 0.411. The molecule has 3 rings (SSSR count). The molecule has 0 aromatic carbocycles. The number of halogens is 8. The first-order valence-electron chi connectivity index (χ1n) is 8.07. The van der Waals surface area contributed by atoms with Gasteiger partial charge in [0.15, 0.2) is 0 Å². The standard InChI is InChI=1S/C11H7Cl4NO2.C7H5Cl4NO/c12-9-4-7(11(13,14)15)5-10(16-9)18-6-8-2-1-3-17-8;1-13-6-3-4(7(9,10)11)2-5(8)12-6/h1-5H,6H2;2-3H,1H3. The molecule has 168 valence electrons. The predicted octanol–water partition coefficient (Wildman–Crippen LogP) is 8.30. The van der Waals surface area contributed by atoms with Gasteiger partial charge >= 0.3 is 0 Å². The largest absolute Gasteiger partial charge is 0.481 e. The molecule has 0 radical (unpaired) electrons. The van der Waals surface area contributed by atoms with E-state index < -0.39 is 7.59 Å². The topological polar surface area (TPSA) is 57.4 Å². The molecule has 0 bridgehead atoms. The third-order valence-corrected chi connectivity index (χ3v) is 5.04. The quantitative estimate of drug-likeness (QED) is 0.227. The molecule has 31 heavy (non-hydrogen) atoms. The summed E-state index contributed by atoms with van der Waals surface area (Å²) >= 11 is 45.8. The van der Waals surface area contributed by atoms with Crippen molar-refractivity contribution in [3.63, 3.8) is 0 Å². The Morgan fingerprint density at radius 2 is 1.35 bits per heavy atom. The van der Waals surface area contributed by atoms with Crippen LogP contribution in [0, 0.1) is 0 Å². The number of aromatic nitrogens is 2. The number of rotatable bonds is 4. The van der Waals surface area contributed by atoms with Gasteiger partial charge in [0, 0.05) is 23.3 Å². The van der Waals surface area contributed by atoms with Gasteiger partial charge < -0.3 is 13.9 Å². The third kappa shape index (κ3) is 9.10. The molecule has 0 atom stereocenters. The molecule has 3 aromatic heterocycles. The lowest BCUT2D eigenvalue weighted by atomic mass is 10.3. The number of hydrogen-bond acceptors (Lipinski definition) is 5. The lowest BCUT2D eigenvalue weighted by Gasteiger charge is -2.13. The van der Waals surface area contributed by atoms with Crippen molar-refractivity contribution >= 4 is 92.8 Å². The van der Waals surface area contributed by atoms with E-state index in [4.69, 9.17) is 107 Å². The van der Waals surface area contributed by atoms with Crippen LogP contribution >= 0.6 is 92.8 Å². The zero-order valence-corrected chi connectivity index (χ0v) is 21.4. The average molecular weight is 588 g/mol. The summed E-state index contributed by atoms with van der Waals surface area (Å²) in [6.45, 7) is 0.222. The maximum absolute atomic E-state index is 5.83. The van der Waals surface area contributed by atoms with Crippen LogP contribution in [0.1, 0.15) is 16.9 Å². The first kappa shape index (κ1) is 26.7.